The van der Waals surface area contributed by atoms with Crippen molar-refractivity contribution in [2.75, 3.05) is 5.32 Å². The molecule has 74 valence electrons. The van der Waals surface area contributed by atoms with Gasteiger partial charge in [-0.1, -0.05) is 26.2 Å². The van der Waals surface area contributed by atoms with Gasteiger partial charge in [0.05, 0.1) is 0 Å². The summed E-state index contributed by atoms with van der Waals surface area (Å²) in [5.41, 5.74) is 1.27. The van der Waals surface area contributed by atoms with E-state index < -0.39 is 0 Å². The lowest BCUT2D eigenvalue weighted by atomic mass is 10.1. The number of rotatable bonds is 6. The zero-order valence-corrected chi connectivity index (χ0v) is 9.36. The summed E-state index contributed by atoms with van der Waals surface area (Å²) >= 11 is 1.75. The maximum absolute atomic E-state index is 3.49. The van der Waals surface area contributed by atoms with Crippen molar-refractivity contribution in [1.29, 1.82) is 0 Å². The van der Waals surface area contributed by atoms with Crippen LogP contribution in [0.4, 0.5) is 5.69 Å². The first kappa shape index (κ1) is 10.6. The SMILES string of the molecule is CCCCCC(C)Nc1ccsc1. The van der Waals surface area contributed by atoms with Crippen LogP contribution in [0.1, 0.15) is 39.5 Å². The lowest BCUT2D eigenvalue weighted by Crippen LogP contribution is -2.14. The molecular weight excluding hydrogens is 178 g/mol. The van der Waals surface area contributed by atoms with Gasteiger partial charge in [-0.05, 0) is 24.8 Å². The Bertz CT molecular complexity index is 206. The summed E-state index contributed by atoms with van der Waals surface area (Å²) in [5.74, 6) is 0. The van der Waals surface area contributed by atoms with Crippen LogP contribution in [0.15, 0.2) is 16.8 Å². The molecule has 0 aliphatic heterocycles. The van der Waals surface area contributed by atoms with E-state index in [9.17, 15) is 0 Å². The van der Waals surface area contributed by atoms with E-state index in [0.717, 1.165) is 0 Å². The quantitative estimate of drug-likeness (QED) is 0.676. The molecule has 0 aliphatic carbocycles. The minimum Gasteiger partial charge on any atom is -0.382 e. The summed E-state index contributed by atoms with van der Waals surface area (Å²) in [6.07, 6.45) is 5.29. The van der Waals surface area contributed by atoms with Gasteiger partial charge < -0.3 is 5.32 Å². The maximum atomic E-state index is 3.49. The van der Waals surface area contributed by atoms with E-state index in [0.29, 0.717) is 6.04 Å². The predicted octanol–water partition coefficient (Wildman–Crippen LogP) is 4.13. The van der Waals surface area contributed by atoms with Crippen LogP contribution in [0.2, 0.25) is 0 Å². The van der Waals surface area contributed by atoms with Gasteiger partial charge in [-0.3, -0.25) is 0 Å². The van der Waals surface area contributed by atoms with Crippen LogP contribution in [-0.4, -0.2) is 6.04 Å². The van der Waals surface area contributed by atoms with Crippen molar-refractivity contribution in [2.45, 2.75) is 45.6 Å². The highest BCUT2D eigenvalue weighted by molar-refractivity contribution is 7.08. The van der Waals surface area contributed by atoms with Gasteiger partial charge >= 0.3 is 0 Å². The number of unbranched alkanes of at least 4 members (excludes halogenated alkanes) is 2. The number of anilines is 1. The third-order valence-corrected chi connectivity index (χ3v) is 2.86. The van der Waals surface area contributed by atoms with Gasteiger partial charge in [-0.15, -0.1) is 0 Å². The Balaban J connectivity index is 2.14. The van der Waals surface area contributed by atoms with E-state index >= 15 is 0 Å². The fourth-order valence-electron chi connectivity index (χ4n) is 1.40. The first-order valence-corrected chi connectivity index (χ1v) is 6.06. The Hall–Kier alpha value is -0.500. The highest BCUT2D eigenvalue weighted by Gasteiger charge is 2.00. The van der Waals surface area contributed by atoms with Crippen molar-refractivity contribution in [1.82, 2.24) is 0 Å². The molecule has 0 aromatic carbocycles. The standard InChI is InChI=1S/C11H19NS/c1-3-4-5-6-10(2)12-11-7-8-13-9-11/h7-10,12H,3-6H2,1-2H3. The average Bonchev–Trinajstić information content (AvgIpc) is 2.57. The maximum Gasteiger partial charge on any atom is 0.0450 e. The molecular formula is C11H19NS. The number of hydrogen-bond donors (Lipinski definition) is 1. The van der Waals surface area contributed by atoms with Gasteiger partial charge in [0.1, 0.15) is 0 Å². The second kappa shape index (κ2) is 6.03. The van der Waals surface area contributed by atoms with Crippen LogP contribution >= 0.6 is 11.3 Å². The fraction of sp³-hybridized carbons (Fsp3) is 0.636. The Morgan fingerprint density at radius 3 is 2.92 bits per heavy atom. The molecule has 1 atom stereocenters. The average molecular weight is 197 g/mol. The van der Waals surface area contributed by atoms with Gasteiger partial charge in [0, 0.05) is 17.1 Å². The van der Waals surface area contributed by atoms with Gasteiger partial charge in [0.15, 0.2) is 0 Å². The topological polar surface area (TPSA) is 12.0 Å². The van der Waals surface area contributed by atoms with Crippen molar-refractivity contribution in [2.24, 2.45) is 0 Å². The van der Waals surface area contributed by atoms with Crippen molar-refractivity contribution < 1.29 is 0 Å². The highest BCUT2D eigenvalue weighted by Crippen LogP contribution is 2.15. The molecule has 1 heterocycles. The normalized spacial score (nSPS) is 12.8. The molecule has 0 bridgehead atoms. The molecule has 2 heteroatoms. The Kier molecular flexibility index (Phi) is 4.91. The van der Waals surface area contributed by atoms with Crippen molar-refractivity contribution in [3.05, 3.63) is 16.8 Å². The molecule has 0 amide bonds. The van der Waals surface area contributed by atoms with Crippen LogP contribution in [-0.2, 0) is 0 Å². The van der Waals surface area contributed by atoms with E-state index in [4.69, 9.17) is 0 Å². The predicted molar refractivity (Wildman–Crippen MR) is 61.5 cm³/mol. The molecule has 1 aromatic heterocycles. The monoisotopic (exact) mass is 197 g/mol. The van der Waals surface area contributed by atoms with Crippen LogP contribution in [0.3, 0.4) is 0 Å². The third-order valence-electron chi connectivity index (χ3n) is 2.17. The molecule has 0 saturated heterocycles. The van der Waals surface area contributed by atoms with Gasteiger partial charge in [0.25, 0.3) is 0 Å². The summed E-state index contributed by atoms with van der Waals surface area (Å²) in [6.45, 7) is 4.50. The van der Waals surface area contributed by atoms with Crippen LogP contribution < -0.4 is 5.32 Å². The van der Waals surface area contributed by atoms with E-state index in [2.05, 4.69) is 36.0 Å². The molecule has 1 aromatic rings. The third kappa shape index (κ3) is 4.32. The summed E-state index contributed by atoms with van der Waals surface area (Å²) in [5, 5.41) is 7.77. The second-order valence-corrected chi connectivity index (χ2v) is 4.33. The summed E-state index contributed by atoms with van der Waals surface area (Å²) in [6, 6.07) is 2.75. The molecule has 1 nitrogen and oxygen atoms in total. The Morgan fingerprint density at radius 1 is 1.46 bits per heavy atom. The summed E-state index contributed by atoms with van der Waals surface area (Å²) in [7, 11) is 0. The molecule has 0 aliphatic rings. The summed E-state index contributed by atoms with van der Waals surface area (Å²) < 4.78 is 0. The lowest BCUT2D eigenvalue weighted by Gasteiger charge is -2.13. The molecule has 1 rings (SSSR count). The molecule has 0 spiro atoms. The van der Waals surface area contributed by atoms with Crippen molar-refractivity contribution >= 4 is 17.0 Å². The van der Waals surface area contributed by atoms with Gasteiger partial charge in [0.2, 0.25) is 0 Å². The smallest absolute Gasteiger partial charge is 0.0450 e. The van der Waals surface area contributed by atoms with E-state index in [-0.39, 0.29) is 0 Å². The van der Waals surface area contributed by atoms with Gasteiger partial charge in [-0.2, -0.15) is 11.3 Å². The van der Waals surface area contributed by atoms with E-state index in [1.165, 1.54) is 31.4 Å². The highest BCUT2D eigenvalue weighted by atomic mass is 32.1. The first-order chi connectivity index (χ1) is 6.33. The first-order valence-electron chi connectivity index (χ1n) is 5.11. The minimum atomic E-state index is 0.612. The molecule has 13 heavy (non-hydrogen) atoms. The Morgan fingerprint density at radius 2 is 2.31 bits per heavy atom. The molecule has 1 unspecified atom stereocenters. The number of thiophene rings is 1. The summed E-state index contributed by atoms with van der Waals surface area (Å²) in [4.78, 5) is 0. The van der Waals surface area contributed by atoms with Crippen molar-refractivity contribution in [3.63, 3.8) is 0 Å². The van der Waals surface area contributed by atoms with Crippen molar-refractivity contribution in [3.8, 4) is 0 Å². The fourth-order valence-corrected chi connectivity index (χ4v) is 2.00. The van der Waals surface area contributed by atoms with E-state index in [1.54, 1.807) is 11.3 Å². The zero-order valence-electron chi connectivity index (χ0n) is 8.55. The van der Waals surface area contributed by atoms with Crippen LogP contribution in [0, 0.1) is 0 Å². The lowest BCUT2D eigenvalue weighted by molar-refractivity contribution is 0.615. The molecule has 0 fully saturated rings. The molecule has 0 saturated carbocycles. The van der Waals surface area contributed by atoms with E-state index in [1.807, 2.05) is 0 Å². The van der Waals surface area contributed by atoms with Crippen LogP contribution in [0.25, 0.3) is 0 Å². The van der Waals surface area contributed by atoms with Gasteiger partial charge in [-0.25, -0.2) is 0 Å². The number of nitrogens with one attached hydrogen (secondary N) is 1. The second-order valence-electron chi connectivity index (χ2n) is 3.55. The molecule has 1 N–H and O–H groups in total. The number of hydrogen-bond acceptors (Lipinski definition) is 2. The largest absolute Gasteiger partial charge is 0.382 e. The molecule has 0 radical (unpaired) electrons. The zero-order chi connectivity index (χ0) is 9.52. The van der Waals surface area contributed by atoms with Crippen LogP contribution in [0.5, 0.6) is 0 Å². The Labute approximate surface area is 85.2 Å². The minimum absolute atomic E-state index is 0.612.